The van der Waals surface area contributed by atoms with Crippen LogP contribution < -0.4 is 0 Å². The van der Waals surface area contributed by atoms with Gasteiger partial charge in [-0.15, -0.1) is 0 Å². The standard InChI is InChI=1S/C76H148O6/c1-4-7-10-13-16-19-22-25-28-31-34-37-39-42-45-48-51-54-57-60-63-66-69-75(78)81-72-73(71-80-74(77)68-65-62-59-56-53-50-47-44-41-36-33-30-27-24-21-18-15-12-9-6-3)82-76(79)70-67-64-61-58-55-52-49-46-43-40-38-35-32-29-26-23-20-17-14-11-8-5-2/h73H,4-72H2,1-3H3. The number of rotatable bonds is 72. The summed E-state index contributed by atoms with van der Waals surface area (Å²) < 4.78 is 17.1. The monoisotopic (exact) mass is 1160 g/mol. The van der Waals surface area contributed by atoms with Gasteiger partial charge in [0.25, 0.3) is 0 Å². The van der Waals surface area contributed by atoms with Crippen molar-refractivity contribution in [2.24, 2.45) is 0 Å². The molecule has 0 rings (SSSR count). The van der Waals surface area contributed by atoms with Gasteiger partial charge in [-0.2, -0.15) is 0 Å². The summed E-state index contributed by atoms with van der Waals surface area (Å²) in [6.45, 7) is 6.76. The van der Waals surface area contributed by atoms with E-state index in [1.807, 2.05) is 0 Å². The van der Waals surface area contributed by atoms with Gasteiger partial charge in [0.2, 0.25) is 0 Å². The molecule has 82 heavy (non-hydrogen) atoms. The van der Waals surface area contributed by atoms with Crippen molar-refractivity contribution in [3.8, 4) is 0 Å². The number of hydrogen-bond donors (Lipinski definition) is 0. The van der Waals surface area contributed by atoms with E-state index in [1.165, 1.54) is 353 Å². The predicted octanol–water partition coefficient (Wildman–Crippen LogP) is 26.2. The van der Waals surface area contributed by atoms with Crippen LogP contribution in [0.3, 0.4) is 0 Å². The van der Waals surface area contributed by atoms with Crippen LogP contribution in [0.25, 0.3) is 0 Å². The Labute approximate surface area is 514 Å². The quantitative estimate of drug-likeness (QED) is 0.0343. The van der Waals surface area contributed by atoms with Crippen molar-refractivity contribution in [1.82, 2.24) is 0 Å². The Hall–Kier alpha value is -1.59. The van der Waals surface area contributed by atoms with Gasteiger partial charge in [0.15, 0.2) is 6.10 Å². The first kappa shape index (κ1) is 80.4. The van der Waals surface area contributed by atoms with Crippen LogP contribution in [0.5, 0.6) is 0 Å². The van der Waals surface area contributed by atoms with E-state index < -0.39 is 6.10 Å². The molecule has 0 aliphatic carbocycles. The molecule has 0 aromatic rings. The van der Waals surface area contributed by atoms with Crippen molar-refractivity contribution >= 4 is 17.9 Å². The molecule has 0 aromatic heterocycles. The van der Waals surface area contributed by atoms with E-state index in [9.17, 15) is 14.4 Å². The first-order valence-corrected chi connectivity index (χ1v) is 38.0. The highest BCUT2D eigenvalue weighted by Gasteiger charge is 2.20. The fourth-order valence-electron chi connectivity index (χ4n) is 12.2. The molecule has 488 valence electrons. The smallest absolute Gasteiger partial charge is 0.306 e. The zero-order valence-electron chi connectivity index (χ0n) is 56.3. The molecule has 0 saturated heterocycles. The van der Waals surface area contributed by atoms with Gasteiger partial charge in [-0.25, -0.2) is 0 Å². The van der Waals surface area contributed by atoms with Gasteiger partial charge in [-0.1, -0.05) is 412 Å². The van der Waals surface area contributed by atoms with Gasteiger partial charge >= 0.3 is 17.9 Å². The summed E-state index contributed by atoms with van der Waals surface area (Å²) in [6, 6.07) is 0. The zero-order chi connectivity index (χ0) is 59.2. The summed E-state index contributed by atoms with van der Waals surface area (Å²) in [4.78, 5) is 38.6. The highest BCUT2D eigenvalue weighted by molar-refractivity contribution is 5.71. The average Bonchev–Trinajstić information content (AvgIpc) is 3.47. The molecule has 0 bridgehead atoms. The van der Waals surface area contributed by atoms with Gasteiger partial charge in [-0.3, -0.25) is 14.4 Å². The first-order chi connectivity index (χ1) is 40.5. The van der Waals surface area contributed by atoms with Crippen molar-refractivity contribution in [2.45, 2.75) is 457 Å². The number of carbonyl (C=O) groups excluding carboxylic acids is 3. The zero-order valence-corrected chi connectivity index (χ0v) is 56.3. The number of carbonyl (C=O) groups is 3. The van der Waals surface area contributed by atoms with Crippen LogP contribution in [0.1, 0.15) is 451 Å². The van der Waals surface area contributed by atoms with E-state index >= 15 is 0 Å². The molecule has 0 spiro atoms. The van der Waals surface area contributed by atoms with Crippen molar-refractivity contribution in [3.63, 3.8) is 0 Å². The van der Waals surface area contributed by atoms with E-state index in [0.29, 0.717) is 19.3 Å². The van der Waals surface area contributed by atoms with Crippen LogP contribution in [0.4, 0.5) is 0 Å². The lowest BCUT2D eigenvalue weighted by Gasteiger charge is -2.18. The lowest BCUT2D eigenvalue weighted by molar-refractivity contribution is -0.167. The fourth-order valence-corrected chi connectivity index (χ4v) is 12.2. The summed E-state index contributed by atoms with van der Waals surface area (Å²) in [5.41, 5.74) is 0. The average molecular weight is 1160 g/mol. The van der Waals surface area contributed by atoms with Crippen LogP contribution in [-0.2, 0) is 28.6 Å². The molecule has 0 fully saturated rings. The maximum atomic E-state index is 13.0. The number of hydrogen-bond acceptors (Lipinski definition) is 6. The third kappa shape index (κ3) is 69.2. The van der Waals surface area contributed by atoms with Crippen LogP contribution in [0.15, 0.2) is 0 Å². The van der Waals surface area contributed by atoms with E-state index in [2.05, 4.69) is 20.8 Å². The Balaban J connectivity index is 4.26. The molecular weight excluding hydrogens is 1010 g/mol. The van der Waals surface area contributed by atoms with Crippen molar-refractivity contribution in [2.75, 3.05) is 13.2 Å². The molecular formula is C76H148O6. The second kappa shape index (κ2) is 71.9. The lowest BCUT2D eigenvalue weighted by atomic mass is 10.0. The molecule has 0 radical (unpaired) electrons. The Kier molecular flexibility index (Phi) is 70.5. The van der Waals surface area contributed by atoms with Gasteiger partial charge in [0.1, 0.15) is 13.2 Å². The van der Waals surface area contributed by atoms with Crippen LogP contribution >= 0.6 is 0 Å². The predicted molar refractivity (Wildman–Crippen MR) is 358 cm³/mol. The number of unbranched alkanes of at least 4 members (excludes halogenated alkanes) is 61. The van der Waals surface area contributed by atoms with Gasteiger partial charge < -0.3 is 14.2 Å². The van der Waals surface area contributed by atoms with E-state index in [-0.39, 0.29) is 31.1 Å². The maximum Gasteiger partial charge on any atom is 0.306 e. The Morgan fingerprint density at radius 3 is 0.488 bits per heavy atom. The Bertz CT molecular complexity index is 1240. The summed E-state index contributed by atoms with van der Waals surface area (Å²) in [6.07, 6.45) is 85.7. The van der Waals surface area contributed by atoms with Crippen LogP contribution in [0, 0.1) is 0 Å². The Morgan fingerprint density at radius 1 is 0.195 bits per heavy atom. The number of ether oxygens (including phenoxy) is 3. The minimum Gasteiger partial charge on any atom is -0.462 e. The van der Waals surface area contributed by atoms with Crippen LogP contribution in [-0.4, -0.2) is 37.2 Å². The third-order valence-electron chi connectivity index (χ3n) is 17.9. The topological polar surface area (TPSA) is 78.9 Å². The molecule has 6 nitrogen and oxygen atoms in total. The van der Waals surface area contributed by atoms with Crippen molar-refractivity contribution in [1.29, 1.82) is 0 Å². The summed E-state index contributed by atoms with van der Waals surface area (Å²) >= 11 is 0. The van der Waals surface area contributed by atoms with Crippen LogP contribution in [0.2, 0.25) is 0 Å². The summed E-state index contributed by atoms with van der Waals surface area (Å²) in [5.74, 6) is -0.812. The summed E-state index contributed by atoms with van der Waals surface area (Å²) in [5, 5.41) is 0. The molecule has 1 unspecified atom stereocenters. The molecule has 0 saturated carbocycles. The first-order valence-electron chi connectivity index (χ1n) is 38.0. The van der Waals surface area contributed by atoms with Crippen molar-refractivity contribution < 1.29 is 28.6 Å². The molecule has 1 atom stereocenters. The van der Waals surface area contributed by atoms with E-state index in [1.54, 1.807) is 0 Å². The highest BCUT2D eigenvalue weighted by atomic mass is 16.6. The van der Waals surface area contributed by atoms with Gasteiger partial charge in [-0.05, 0) is 19.3 Å². The maximum absolute atomic E-state index is 13.0. The number of esters is 3. The lowest BCUT2D eigenvalue weighted by Crippen LogP contribution is -2.30. The SMILES string of the molecule is CCCCCCCCCCCCCCCCCCCCCCCCC(=O)OCC(COC(=O)CCCCCCCCCCCCCCCCCCCCCC)OC(=O)CCCCCCCCCCCCCCCCCCCCCCCC. The Morgan fingerprint density at radius 2 is 0.329 bits per heavy atom. The van der Waals surface area contributed by atoms with Gasteiger partial charge in [0.05, 0.1) is 0 Å². The van der Waals surface area contributed by atoms with Gasteiger partial charge in [0, 0.05) is 19.3 Å². The highest BCUT2D eigenvalue weighted by Crippen LogP contribution is 2.20. The fraction of sp³-hybridized carbons (Fsp3) is 0.961. The minimum absolute atomic E-state index is 0.0597. The molecule has 6 heteroatoms. The third-order valence-corrected chi connectivity index (χ3v) is 17.9. The second-order valence-electron chi connectivity index (χ2n) is 26.3. The molecule has 0 aromatic carbocycles. The van der Waals surface area contributed by atoms with E-state index in [0.717, 1.165) is 57.8 Å². The molecule has 0 aliphatic rings. The normalized spacial score (nSPS) is 11.9. The second-order valence-corrected chi connectivity index (χ2v) is 26.3. The molecule has 0 N–H and O–H groups in total. The summed E-state index contributed by atoms with van der Waals surface area (Å²) in [7, 11) is 0. The molecule has 0 amide bonds. The minimum atomic E-state index is -0.764. The largest absolute Gasteiger partial charge is 0.462 e. The van der Waals surface area contributed by atoms with Crippen molar-refractivity contribution in [3.05, 3.63) is 0 Å². The van der Waals surface area contributed by atoms with E-state index in [4.69, 9.17) is 14.2 Å². The molecule has 0 heterocycles. The molecule has 0 aliphatic heterocycles.